The Hall–Kier alpha value is -2.57. The lowest BCUT2D eigenvalue weighted by Gasteiger charge is -2.20. The second kappa shape index (κ2) is 4.72. The predicted molar refractivity (Wildman–Crippen MR) is 77.2 cm³/mol. The molecule has 4 heterocycles. The van der Waals surface area contributed by atoms with Crippen molar-refractivity contribution in [3.63, 3.8) is 0 Å². The van der Waals surface area contributed by atoms with E-state index >= 15 is 0 Å². The van der Waals surface area contributed by atoms with Gasteiger partial charge in [0.1, 0.15) is 6.26 Å². The molecular formula is C15H16N4O3. The second-order valence-electron chi connectivity index (χ2n) is 5.91. The first-order valence-electron chi connectivity index (χ1n) is 7.25. The fourth-order valence-electron chi connectivity index (χ4n) is 3.38. The maximum absolute atomic E-state index is 12.6. The predicted octanol–water partition coefficient (Wildman–Crippen LogP) is 0.748. The smallest absolute Gasteiger partial charge is 0.257 e. The van der Waals surface area contributed by atoms with Crippen molar-refractivity contribution in [2.75, 3.05) is 24.5 Å². The zero-order chi connectivity index (χ0) is 15.3. The van der Waals surface area contributed by atoms with Crippen LogP contribution < -0.4 is 4.90 Å². The molecule has 2 aromatic heterocycles. The third-order valence-electron chi connectivity index (χ3n) is 4.50. The van der Waals surface area contributed by atoms with Gasteiger partial charge in [0.25, 0.3) is 5.91 Å². The van der Waals surface area contributed by atoms with Gasteiger partial charge in [0.05, 0.1) is 29.6 Å². The summed E-state index contributed by atoms with van der Waals surface area (Å²) in [7, 11) is 1.83. The van der Waals surface area contributed by atoms with Gasteiger partial charge in [0.15, 0.2) is 0 Å². The zero-order valence-corrected chi connectivity index (χ0v) is 12.2. The minimum Gasteiger partial charge on any atom is -0.472 e. The van der Waals surface area contributed by atoms with Gasteiger partial charge in [-0.3, -0.25) is 14.3 Å². The van der Waals surface area contributed by atoms with Gasteiger partial charge < -0.3 is 14.2 Å². The van der Waals surface area contributed by atoms with Crippen LogP contribution in [0.25, 0.3) is 0 Å². The standard InChI is InChI=1S/C15H16N4O3/c1-17-7-12(4-16-17)19-6-11-5-18(8-13(11)15(19)21)14(20)10-2-3-22-9-10/h2-4,7,9,11,13H,5-6,8H2,1H3/t11-,13-/m0/s1. The molecule has 2 fully saturated rings. The zero-order valence-electron chi connectivity index (χ0n) is 12.2. The summed E-state index contributed by atoms with van der Waals surface area (Å²) in [5, 5.41) is 4.11. The van der Waals surface area contributed by atoms with Gasteiger partial charge in [-0.15, -0.1) is 0 Å². The van der Waals surface area contributed by atoms with Crippen molar-refractivity contribution in [3.8, 4) is 0 Å². The molecule has 7 nitrogen and oxygen atoms in total. The highest BCUT2D eigenvalue weighted by atomic mass is 16.3. The summed E-state index contributed by atoms with van der Waals surface area (Å²) in [6.45, 7) is 1.73. The van der Waals surface area contributed by atoms with Crippen molar-refractivity contribution in [1.82, 2.24) is 14.7 Å². The number of likely N-dealkylation sites (tertiary alicyclic amines) is 1. The van der Waals surface area contributed by atoms with Gasteiger partial charge in [-0.2, -0.15) is 5.10 Å². The van der Waals surface area contributed by atoms with Gasteiger partial charge in [0, 0.05) is 38.8 Å². The number of fused-ring (bicyclic) bond motifs is 1. The number of amides is 2. The van der Waals surface area contributed by atoms with E-state index in [0.717, 1.165) is 5.69 Å². The molecule has 7 heteroatoms. The average Bonchev–Trinajstić information content (AvgIpc) is 3.24. The van der Waals surface area contributed by atoms with E-state index in [1.54, 1.807) is 26.7 Å². The molecule has 22 heavy (non-hydrogen) atoms. The van der Waals surface area contributed by atoms with Crippen molar-refractivity contribution in [2.45, 2.75) is 0 Å². The number of carbonyl (C=O) groups is 2. The van der Waals surface area contributed by atoms with Crippen molar-refractivity contribution in [3.05, 3.63) is 36.5 Å². The number of nitrogens with zero attached hydrogens (tertiary/aromatic N) is 4. The molecule has 2 saturated heterocycles. The third kappa shape index (κ3) is 1.93. The monoisotopic (exact) mass is 300 g/mol. The number of aromatic nitrogens is 2. The first-order chi connectivity index (χ1) is 10.6. The van der Waals surface area contributed by atoms with Crippen molar-refractivity contribution in [2.24, 2.45) is 18.9 Å². The molecule has 0 radical (unpaired) electrons. The Balaban J connectivity index is 1.49. The molecule has 0 unspecified atom stereocenters. The van der Waals surface area contributed by atoms with Crippen LogP contribution in [-0.2, 0) is 11.8 Å². The molecule has 4 rings (SSSR count). The maximum atomic E-state index is 12.6. The molecule has 114 valence electrons. The van der Waals surface area contributed by atoms with E-state index in [-0.39, 0.29) is 23.7 Å². The van der Waals surface area contributed by atoms with Crippen LogP contribution in [0.5, 0.6) is 0 Å². The first kappa shape index (κ1) is 13.1. The second-order valence-corrected chi connectivity index (χ2v) is 5.91. The minimum absolute atomic E-state index is 0.0659. The highest BCUT2D eigenvalue weighted by Crippen LogP contribution is 2.35. The van der Waals surface area contributed by atoms with E-state index in [9.17, 15) is 9.59 Å². The fourth-order valence-corrected chi connectivity index (χ4v) is 3.38. The molecule has 2 aliphatic heterocycles. The number of hydrogen-bond acceptors (Lipinski definition) is 4. The number of anilines is 1. The van der Waals surface area contributed by atoms with Crippen LogP contribution in [0.2, 0.25) is 0 Å². The molecule has 2 aromatic rings. The van der Waals surface area contributed by atoms with Gasteiger partial charge in [-0.1, -0.05) is 0 Å². The van der Waals surface area contributed by atoms with Gasteiger partial charge >= 0.3 is 0 Å². The molecule has 2 amide bonds. The molecule has 0 spiro atoms. The Bertz CT molecular complexity index is 721. The lowest BCUT2D eigenvalue weighted by Crippen LogP contribution is -2.35. The summed E-state index contributed by atoms with van der Waals surface area (Å²) >= 11 is 0. The summed E-state index contributed by atoms with van der Waals surface area (Å²) in [4.78, 5) is 28.4. The van der Waals surface area contributed by atoms with Crippen molar-refractivity contribution >= 4 is 17.5 Å². The Morgan fingerprint density at radius 3 is 2.86 bits per heavy atom. The lowest BCUT2D eigenvalue weighted by molar-refractivity contribution is -0.120. The number of hydrogen-bond donors (Lipinski definition) is 0. The summed E-state index contributed by atoms with van der Waals surface area (Å²) < 4.78 is 6.64. The number of aryl methyl sites for hydroxylation is 1. The normalized spacial score (nSPS) is 24.1. The Kier molecular flexibility index (Phi) is 2.82. The van der Waals surface area contributed by atoms with Crippen LogP contribution in [0.15, 0.2) is 35.4 Å². The maximum Gasteiger partial charge on any atom is 0.257 e. The quantitative estimate of drug-likeness (QED) is 0.820. The van der Waals surface area contributed by atoms with Crippen molar-refractivity contribution < 1.29 is 14.0 Å². The van der Waals surface area contributed by atoms with Gasteiger partial charge in [-0.25, -0.2) is 0 Å². The summed E-state index contributed by atoms with van der Waals surface area (Å²) in [6, 6.07) is 1.65. The van der Waals surface area contributed by atoms with Crippen LogP contribution >= 0.6 is 0 Å². The van der Waals surface area contributed by atoms with Crippen LogP contribution in [0.3, 0.4) is 0 Å². The topological polar surface area (TPSA) is 71.6 Å². The Labute approximate surface area is 127 Å². The number of rotatable bonds is 2. The molecule has 0 N–H and O–H groups in total. The Morgan fingerprint density at radius 1 is 1.36 bits per heavy atom. The van der Waals surface area contributed by atoms with Crippen LogP contribution in [0.4, 0.5) is 5.69 Å². The fraction of sp³-hybridized carbons (Fsp3) is 0.400. The summed E-state index contributed by atoms with van der Waals surface area (Å²) in [6.07, 6.45) is 6.47. The average molecular weight is 300 g/mol. The van der Waals surface area contributed by atoms with Crippen LogP contribution in [0, 0.1) is 11.8 Å². The molecule has 2 aliphatic rings. The first-order valence-corrected chi connectivity index (χ1v) is 7.25. The summed E-state index contributed by atoms with van der Waals surface area (Å²) in [5.41, 5.74) is 1.37. The van der Waals surface area contributed by atoms with Crippen LogP contribution in [-0.4, -0.2) is 46.1 Å². The highest BCUT2D eigenvalue weighted by Gasteiger charge is 2.48. The molecule has 0 aromatic carbocycles. The van der Waals surface area contributed by atoms with Crippen LogP contribution in [0.1, 0.15) is 10.4 Å². The summed E-state index contributed by atoms with van der Waals surface area (Å²) in [5.74, 6) is 0.0870. The number of carbonyl (C=O) groups excluding carboxylic acids is 2. The Morgan fingerprint density at radius 2 is 2.23 bits per heavy atom. The SMILES string of the molecule is Cn1cc(N2C[C@@H]3CN(C(=O)c4ccoc4)C[C@@H]3C2=O)cn1. The van der Waals surface area contributed by atoms with Gasteiger partial charge in [0.2, 0.25) is 5.91 Å². The largest absolute Gasteiger partial charge is 0.472 e. The molecule has 0 bridgehead atoms. The molecule has 0 saturated carbocycles. The molecule has 0 aliphatic carbocycles. The van der Waals surface area contributed by atoms with E-state index < -0.39 is 0 Å². The minimum atomic E-state index is -0.115. The van der Waals surface area contributed by atoms with Gasteiger partial charge in [-0.05, 0) is 6.07 Å². The van der Waals surface area contributed by atoms with E-state index in [0.29, 0.717) is 25.2 Å². The van der Waals surface area contributed by atoms with E-state index in [4.69, 9.17) is 4.42 Å². The van der Waals surface area contributed by atoms with E-state index in [2.05, 4.69) is 5.10 Å². The lowest BCUT2D eigenvalue weighted by atomic mass is 10.0. The molecular weight excluding hydrogens is 284 g/mol. The number of furan rings is 1. The van der Waals surface area contributed by atoms with Crippen molar-refractivity contribution in [1.29, 1.82) is 0 Å². The third-order valence-corrected chi connectivity index (χ3v) is 4.50. The van der Waals surface area contributed by atoms with E-state index in [1.807, 2.05) is 13.2 Å². The highest BCUT2D eigenvalue weighted by molar-refractivity contribution is 5.99. The van der Waals surface area contributed by atoms with E-state index in [1.165, 1.54) is 12.5 Å². The molecule has 2 atom stereocenters.